The summed E-state index contributed by atoms with van der Waals surface area (Å²) in [7, 11) is 1.64. The molecule has 0 radical (unpaired) electrons. The number of hydrogen-bond acceptors (Lipinski definition) is 2. The van der Waals surface area contributed by atoms with Crippen LogP contribution in [0.4, 0.5) is 4.79 Å². The van der Waals surface area contributed by atoms with Gasteiger partial charge in [-0.1, -0.05) is 30.3 Å². The van der Waals surface area contributed by atoms with Crippen molar-refractivity contribution in [2.45, 2.75) is 4.90 Å². The quantitative estimate of drug-likeness (QED) is 0.743. The molecule has 1 N–H and O–H groups in total. The summed E-state index contributed by atoms with van der Waals surface area (Å²) in [5, 5.41) is 4.90. The van der Waals surface area contributed by atoms with E-state index in [1.165, 1.54) is 17.1 Å². The topological polar surface area (TPSA) is 29.1 Å². The maximum absolute atomic E-state index is 11.2. The first kappa shape index (κ1) is 10.1. The normalized spacial score (nSPS) is 10.2. The Labute approximate surface area is 92.7 Å². The number of carbonyl (C=O) groups is 1. The standard InChI is InChI=1S/C12H11NOS/c1-13-12(14)15-11-7-6-9-4-2-3-5-10(9)8-11/h2-8H,1H3,(H,13,14). The van der Waals surface area contributed by atoms with Gasteiger partial charge in [-0.05, 0) is 34.7 Å². The van der Waals surface area contributed by atoms with E-state index in [4.69, 9.17) is 0 Å². The average Bonchev–Trinajstić information content (AvgIpc) is 2.29. The Morgan fingerprint density at radius 2 is 1.87 bits per heavy atom. The highest BCUT2D eigenvalue weighted by Crippen LogP contribution is 2.23. The fraction of sp³-hybridized carbons (Fsp3) is 0.0833. The molecule has 0 unspecified atom stereocenters. The van der Waals surface area contributed by atoms with Crippen LogP contribution in [-0.4, -0.2) is 12.3 Å². The fourth-order valence-corrected chi connectivity index (χ4v) is 2.03. The summed E-state index contributed by atoms with van der Waals surface area (Å²) < 4.78 is 0. The van der Waals surface area contributed by atoms with Gasteiger partial charge in [-0.2, -0.15) is 0 Å². The lowest BCUT2D eigenvalue weighted by Crippen LogP contribution is -2.10. The van der Waals surface area contributed by atoms with E-state index in [0.717, 1.165) is 10.3 Å². The van der Waals surface area contributed by atoms with Gasteiger partial charge in [0, 0.05) is 11.9 Å². The Balaban J connectivity index is 2.34. The van der Waals surface area contributed by atoms with Crippen molar-refractivity contribution in [3.05, 3.63) is 42.5 Å². The molecule has 0 atom stereocenters. The summed E-state index contributed by atoms with van der Waals surface area (Å²) >= 11 is 1.21. The highest BCUT2D eigenvalue weighted by atomic mass is 32.2. The Morgan fingerprint density at radius 1 is 1.13 bits per heavy atom. The van der Waals surface area contributed by atoms with Crippen LogP contribution < -0.4 is 5.32 Å². The van der Waals surface area contributed by atoms with Crippen LogP contribution in [0.25, 0.3) is 10.8 Å². The fourth-order valence-electron chi connectivity index (χ4n) is 1.39. The summed E-state index contributed by atoms with van der Waals surface area (Å²) in [4.78, 5) is 12.1. The molecule has 0 heterocycles. The number of thioether (sulfide) groups is 1. The van der Waals surface area contributed by atoms with Crippen LogP contribution >= 0.6 is 11.8 Å². The summed E-state index contributed by atoms with van der Waals surface area (Å²) in [5.41, 5.74) is 0. The van der Waals surface area contributed by atoms with Crippen molar-refractivity contribution in [1.82, 2.24) is 5.32 Å². The predicted octanol–water partition coefficient (Wildman–Crippen LogP) is 3.27. The SMILES string of the molecule is CNC(=O)Sc1ccc2ccccc2c1. The maximum Gasteiger partial charge on any atom is 0.283 e. The van der Waals surface area contributed by atoms with E-state index in [9.17, 15) is 4.79 Å². The van der Waals surface area contributed by atoms with Crippen molar-refractivity contribution in [3.63, 3.8) is 0 Å². The summed E-state index contributed by atoms with van der Waals surface area (Å²) in [6, 6.07) is 14.1. The molecular formula is C12H11NOS. The van der Waals surface area contributed by atoms with Gasteiger partial charge in [0.15, 0.2) is 0 Å². The minimum Gasteiger partial charge on any atom is -0.350 e. The monoisotopic (exact) mass is 217 g/mol. The molecule has 0 bridgehead atoms. The third-order valence-corrected chi connectivity index (χ3v) is 3.01. The molecule has 2 aromatic rings. The molecule has 0 saturated carbocycles. The molecule has 1 amide bonds. The smallest absolute Gasteiger partial charge is 0.283 e. The summed E-state index contributed by atoms with van der Waals surface area (Å²) in [6.07, 6.45) is 0. The molecule has 2 aromatic carbocycles. The Kier molecular flexibility index (Phi) is 2.92. The van der Waals surface area contributed by atoms with Crippen LogP contribution in [0.2, 0.25) is 0 Å². The number of carbonyl (C=O) groups excluding carboxylic acids is 1. The van der Waals surface area contributed by atoms with Gasteiger partial charge in [-0.25, -0.2) is 0 Å². The predicted molar refractivity (Wildman–Crippen MR) is 64.3 cm³/mol. The van der Waals surface area contributed by atoms with E-state index < -0.39 is 0 Å². The molecule has 0 saturated heterocycles. The lowest BCUT2D eigenvalue weighted by molar-refractivity contribution is 0.262. The molecule has 15 heavy (non-hydrogen) atoms. The lowest BCUT2D eigenvalue weighted by Gasteiger charge is -2.02. The molecule has 3 heteroatoms. The van der Waals surface area contributed by atoms with Crippen LogP contribution in [0.15, 0.2) is 47.4 Å². The number of rotatable bonds is 1. The highest BCUT2D eigenvalue weighted by Gasteiger charge is 2.02. The summed E-state index contributed by atoms with van der Waals surface area (Å²) in [6.45, 7) is 0. The van der Waals surface area contributed by atoms with Gasteiger partial charge < -0.3 is 5.32 Å². The number of nitrogens with one attached hydrogen (secondary N) is 1. The minimum absolute atomic E-state index is 0.0368. The molecule has 0 fully saturated rings. The second-order valence-corrected chi connectivity index (χ2v) is 4.19. The van der Waals surface area contributed by atoms with Crippen molar-refractivity contribution in [2.24, 2.45) is 0 Å². The first-order chi connectivity index (χ1) is 7.29. The third kappa shape index (κ3) is 2.30. The van der Waals surface area contributed by atoms with Gasteiger partial charge in [0.25, 0.3) is 5.24 Å². The number of hydrogen-bond donors (Lipinski definition) is 1. The molecule has 76 valence electrons. The van der Waals surface area contributed by atoms with Crippen molar-refractivity contribution in [3.8, 4) is 0 Å². The summed E-state index contributed by atoms with van der Waals surface area (Å²) in [5.74, 6) is 0. The average molecular weight is 217 g/mol. The molecule has 0 aromatic heterocycles. The van der Waals surface area contributed by atoms with Gasteiger partial charge in [-0.15, -0.1) is 0 Å². The van der Waals surface area contributed by atoms with Crippen LogP contribution in [0.3, 0.4) is 0 Å². The first-order valence-electron chi connectivity index (χ1n) is 4.68. The van der Waals surface area contributed by atoms with Crippen molar-refractivity contribution in [2.75, 3.05) is 7.05 Å². The van der Waals surface area contributed by atoms with Crippen LogP contribution in [0, 0.1) is 0 Å². The highest BCUT2D eigenvalue weighted by molar-refractivity contribution is 8.13. The van der Waals surface area contributed by atoms with E-state index in [-0.39, 0.29) is 5.24 Å². The van der Waals surface area contributed by atoms with E-state index in [2.05, 4.69) is 11.4 Å². The lowest BCUT2D eigenvalue weighted by atomic mass is 10.1. The zero-order valence-electron chi connectivity index (χ0n) is 8.36. The van der Waals surface area contributed by atoms with Crippen LogP contribution in [0.5, 0.6) is 0 Å². The Morgan fingerprint density at radius 3 is 2.60 bits per heavy atom. The zero-order valence-corrected chi connectivity index (χ0v) is 9.17. The Hall–Kier alpha value is -1.48. The largest absolute Gasteiger partial charge is 0.350 e. The number of amides is 1. The molecule has 0 aliphatic rings. The van der Waals surface area contributed by atoms with Gasteiger partial charge >= 0.3 is 0 Å². The number of benzene rings is 2. The molecule has 0 aliphatic heterocycles. The van der Waals surface area contributed by atoms with Gasteiger partial charge in [0.2, 0.25) is 0 Å². The number of fused-ring (bicyclic) bond motifs is 1. The van der Waals surface area contributed by atoms with Crippen molar-refractivity contribution < 1.29 is 4.79 Å². The van der Waals surface area contributed by atoms with Crippen molar-refractivity contribution >= 4 is 27.8 Å². The first-order valence-corrected chi connectivity index (χ1v) is 5.49. The van der Waals surface area contributed by atoms with E-state index in [0.29, 0.717) is 0 Å². The van der Waals surface area contributed by atoms with Crippen molar-refractivity contribution in [1.29, 1.82) is 0 Å². The van der Waals surface area contributed by atoms with Gasteiger partial charge in [0.1, 0.15) is 0 Å². The molecular weight excluding hydrogens is 206 g/mol. The van der Waals surface area contributed by atoms with E-state index >= 15 is 0 Å². The minimum atomic E-state index is -0.0368. The zero-order chi connectivity index (χ0) is 10.7. The molecule has 2 rings (SSSR count). The van der Waals surface area contributed by atoms with Crippen LogP contribution in [0.1, 0.15) is 0 Å². The van der Waals surface area contributed by atoms with Crippen LogP contribution in [-0.2, 0) is 0 Å². The molecule has 2 nitrogen and oxygen atoms in total. The second kappa shape index (κ2) is 4.36. The Bertz CT molecular complexity index is 496. The molecule has 0 aliphatic carbocycles. The van der Waals surface area contributed by atoms with E-state index in [1.807, 2.05) is 36.4 Å². The van der Waals surface area contributed by atoms with Gasteiger partial charge in [0.05, 0.1) is 0 Å². The van der Waals surface area contributed by atoms with E-state index in [1.54, 1.807) is 7.05 Å². The maximum atomic E-state index is 11.2. The second-order valence-electron chi connectivity index (χ2n) is 3.15. The van der Waals surface area contributed by atoms with Gasteiger partial charge in [-0.3, -0.25) is 4.79 Å². The third-order valence-electron chi connectivity index (χ3n) is 2.14. The molecule has 0 spiro atoms.